The van der Waals surface area contributed by atoms with Crippen LogP contribution in [0.15, 0.2) is 119 Å². The third-order valence-electron chi connectivity index (χ3n) is 5.45. The fraction of sp³-hybridized carbons (Fsp3) is 0.0741. The molecule has 0 saturated heterocycles. The van der Waals surface area contributed by atoms with Gasteiger partial charge >= 0.3 is 0 Å². The molecule has 0 fully saturated rings. The van der Waals surface area contributed by atoms with Crippen molar-refractivity contribution in [3.63, 3.8) is 0 Å². The summed E-state index contributed by atoms with van der Waals surface area (Å²) >= 11 is 0. The van der Waals surface area contributed by atoms with Crippen molar-refractivity contribution in [2.75, 3.05) is 0 Å². The summed E-state index contributed by atoms with van der Waals surface area (Å²) in [6, 6.07) is 28.8. The number of para-hydroxylation sites is 2. The third-order valence-corrected chi connectivity index (χ3v) is 5.45. The highest BCUT2D eigenvalue weighted by molar-refractivity contribution is 5.73. The predicted octanol–water partition coefficient (Wildman–Crippen LogP) is 6.71. The molecule has 4 aromatic rings. The van der Waals surface area contributed by atoms with Crippen molar-refractivity contribution >= 4 is 17.2 Å². The Morgan fingerprint density at radius 1 is 0.793 bits per heavy atom. The van der Waals surface area contributed by atoms with Crippen molar-refractivity contribution in [1.82, 2.24) is 4.98 Å². The van der Waals surface area contributed by atoms with Crippen LogP contribution in [0.1, 0.15) is 23.4 Å². The zero-order valence-electron chi connectivity index (χ0n) is 16.0. The van der Waals surface area contributed by atoms with E-state index in [0.29, 0.717) is 0 Å². The first-order valence-corrected chi connectivity index (χ1v) is 9.88. The highest BCUT2D eigenvalue weighted by Crippen LogP contribution is 2.41. The van der Waals surface area contributed by atoms with Gasteiger partial charge in [0, 0.05) is 0 Å². The maximum Gasteiger partial charge on any atom is 0.210 e. The van der Waals surface area contributed by atoms with Gasteiger partial charge in [0.05, 0.1) is 5.41 Å². The minimum atomic E-state index is -0.398. The summed E-state index contributed by atoms with van der Waals surface area (Å²) in [5, 5.41) is 0. The SMILES string of the molecule is C(=Cc1ccccc1)C1=CCC(c2ccccc2)(c2nc3ccccc3o2)C=C1. The average Bonchev–Trinajstić information content (AvgIpc) is 3.24. The van der Waals surface area contributed by atoms with Gasteiger partial charge in [0.15, 0.2) is 5.58 Å². The van der Waals surface area contributed by atoms with Crippen molar-refractivity contribution in [2.45, 2.75) is 11.8 Å². The molecule has 0 saturated carbocycles. The van der Waals surface area contributed by atoms with E-state index in [-0.39, 0.29) is 0 Å². The summed E-state index contributed by atoms with van der Waals surface area (Å²) in [5.41, 5.74) is 4.89. The number of allylic oxidation sites excluding steroid dienone is 5. The van der Waals surface area contributed by atoms with Crippen molar-refractivity contribution in [3.8, 4) is 0 Å². The fourth-order valence-electron chi connectivity index (χ4n) is 3.83. The van der Waals surface area contributed by atoms with E-state index in [2.05, 4.69) is 78.9 Å². The minimum Gasteiger partial charge on any atom is -0.439 e. The van der Waals surface area contributed by atoms with Gasteiger partial charge in [-0.05, 0) is 35.3 Å². The van der Waals surface area contributed by atoms with Crippen LogP contribution in [0.3, 0.4) is 0 Å². The first kappa shape index (κ1) is 17.4. The number of benzene rings is 3. The first-order valence-electron chi connectivity index (χ1n) is 9.88. The summed E-state index contributed by atoms with van der Waals surface area (Å²) in [6.45, 7) is 0. The molecule has 140 valence electrons. The van der Waals surface area contributed by atoms with Gasteiger partial charge in [-0.3, -0.25) is 0 Å². The van der Waals surface area contributed by atoms with Crippen LogP contribution in [0.25, 0.3) is 17.2 Å². The van der Waals surface area contributed by atoms with Gasteiger partial charge in [0.25, 0.3) is 0 Å². The summed E-state index contributed by atoms with van der Waals surface area (Å²) in [5.74, 6) is 0.739. The topological polar surface area (TPSA) is 26.0 Å². The minimum absolute atomic E-state index is 0.398. The monoisotopic (exact) mass is 375 g/mol. The average molecular weight is 375 g/mol. The van der Waals surface area contributed by atoms with Crippen LogP contribution in [0.2, 0.25) is 0 Å². The standard InChI is InChI=1S/C27H21NO/c1-3-9-21(10-4-1)15-16-22-17-19-27(20-18-22,23-11-5-2-6-12-23)26-28-24-13-7-8-14-25(24)29-26/h1-19H,20H2. The molecule has 1 aliphatic rings. The van der Waals surface area contributed by atoms with E-state index in [4.69, 9.17) is 9.40 Å². The predicted molar refractivity (Wildman–Crippen MR) is 119 cm³/mol. The van der Waals surface area contributed by atoms with Crippen LogP contribution in [-0.2, 0) is 5.41 Å². The van der Waals surface area contributed by atoms with E-state index in [0.717, 1.165) is 23.4 Å². The lowest BCUT2D eigenvalue weighted by Crippen LogP contribution is -2.26. The number of oxazole rings is 1. The Morgan fingerprint density at radius 2 is 1.52 bits per heavy atom. The number of hydrogen-bond donors (Lipinski definition) is 0. The molecule has 1 heterocycles. The van der Waals surface area contributed by atoms with Crippen LogP contribution >= 0.6 is 0 Å². The summed E-state index contributed by atoms with van der Waals surface area (Å²) < 4.78 is 6.22. The Hall–Kier alpha value is -3.65. The van der Waals surface area contributed by atoms with Crippen LogP contribution < -0.4 is 0 Å². The summed E-state index contributed by atoms with van der Waals surface area (Å²) in [4.78, 5) is 4.84. The summed E-state index contributed by atoms with van der Waals surface area (Å²) in [6.07, 6.45) is 11.8. The Morgan fingerprint density at radius 3 is 2.24 bits per heavy atom. The van der Waals surface area contributed by atoms with E-state index < -0.39 is 5.41 Å². The molecule has 0 aliphatic heterocycles. The van der Waals surface area contributed by atoms with Crippen LogP contribution in [0, 0.1) is 0 Å². The van der Waals surface area contributed by atoms with E-state index in [1.807, 2.05) is 36.4 Å². The fourth-order valence-corrected chi connectivity index (χ4v) is 3.83. The maximum atomic E-state index is 6.22. The second-order valence-corrected chi connectivity index (χ2v) is 7.31. The van der Waals surface area contributed by atoms with Gasteiger partial charge in [0.2, 0.25) is 5.89 Å². The Balaban J connectivity index is 1.53. The molecule has 2 heteroatoms. The molecule has 1 unspecified atom stereocenters. The van der Waals surface area contributed by atoms with Crippen LogP contribution in [0.5, 0.6) is 0 Å². The van der Waals surface area contributed by atoms with Gasteiger partial charge in [0.1, 0.15) is 5.52 Å². The normalized spacial score (nSPS) is 19.0. The van der Waals surface area contributed by atoms with Crippen LogP contribution in [-0.4, -0.2) is 4.98 Å². The second-order valence-electron chi connectivity index (χ2n) is 7.31. The zero-order valence-corrected chi connectivity index (χ0v) is 16.0. The van der Waals surface area contributed by atoms with Crippen molar-refractivity contribution in [1.29, 1.82) is 0 Å². The quantitative estimate of drug-likeness (QED) is 0.396. The van der Waals surface area contributed by atoms with Crippen molar-refractivity contribution in [2.24, 2.45) is 0 Å². The number of fused-ring (bicyclic) bond motifs is 1. The lowest BCUT2D eigenvalue weighted by Gasteiger charge is -2.29. The first-order chi connectivity index (χ1) is 14.3. The molecule has 5 rings (SSSR count). The van der Waals surface area contributed by atoms with E-state index in [9.17, 15) is 0 Å². The van der Waals surface area contributed by atoms with E-state index in [1.54, 1.807) is 0 Å². The number of hydrogen-bond acceptors (Lipinski definition) is 2. The van der Waals surface area contributed by atoms with Gasteiger partial charge < -0.3 is 4.42 Å². The smallest absolute Gasteiger partial charge is 0.210 e. The molecule has 1 aliphatic carbocycles. The zero-order chi connectivity index (χ0) is 19.5. The third kappa shape index (κ3) is 3.34. The van der Waals surface area contributed by atoms with Gasteiger partial charge in [-0.15, -0.1) is 0 Å². The molecule has 0 radical (unpaired) electrons. The molecule has 0 bridgehead atoms. The number of nitrogens with zero attached hydrogens (tertiary/aromatic N) is 1. The van der Waals surface area contributed by atoms with Crippen molar-refractivity contribution in [3.05, 3.63) is 132 Å². The summed E-state index contributed by atoms with van der Waals surface area (Å²) in [7, 11) is 0. The van der Waals surface area contributed by atoms with E-state index >= 15 is 0 Å². The Kier molecular flexibility index (Phi) is 4.45. The van der Waals surface area contributed by atoms with Gasteiger partial charge in [-0.1, -0.05) is 103 Å². The number of rotatable bonds is 4. The van der Waals surface area contributed by atoms with Crippen molar-refractivity contribution < 1.29 is 4.42 Å². The highest BCUT2D eigenvalue weighted by atomic mass is 16.3. The molecule has 1 atom stereocenters. The van der Waals surface area contributed by atoms with Crippen LogP contribution in [0.4, 0.5) is 0 Å². The molecule has 29 heavy (non-hydrogen) atoms. The molecule has 1 aromatic heterocycles. The molecule has 2 nitrogen and oxygen atoms in total. The van der Waals surface area contributed by atoms with Gasteiger partial charge in [-0.25, -0.2) is 4.98 Å². The maximum absolute atomic E-state index is 6.22. The van der Waals surface area contributed by atoms with E-state index in [1.165, 1.54) is 16.7 Å². The largest absolute Gasteiger partial charge is 0.439 e. The molecule has 0 spiro atoms. The highest BCUT2D eigenvalue weighted by Gasteiger charge is 2.37. The molecule has 0 N–H and O–H groups in total. The number of aromatic nitrogens is 1. The Bertz CT molecular complexity index is 1180. The molecule has 0 amide bonds. The lowest BCUT2D eigenvalue weighted by molar-refractivity contribution is 0.440. The van der Waals surface area contributed by atoms with Gasteiger partial charge in [-0.2, -0.15) is 0 Å². The molecule has 3 aromatic carbocycles. The Labute approximate surface area is 170 Å². The second kappa shape index (κ2) is 7.40. The molecular weight excluding hydrogens is 354 g/mol. The molecular formula is C27H21NO. The lowest BCUT2D eigenvalue weighted by atomic mass is 9.74.